The van der Waals surface area contributed by atoms with Crippen molar-refractivity contribution in [3.05, 3.63) is 22.4 Å². The Bertz CT molecular complexity index is 467. The van der Waals surface area contributed by atoms with Crippen LogP contribution in [-0.4, -0.2) is 10.2 Å². The van der Waals surface area contributed by atoms with Crippen molar-refractivity contribution in [3.8, 4) is 10.8 Å². The molecule has 0 bridgehead atoms. The molecule has 4 nitrogen and oxygen atoms in total. The van der Waals surface area contributed by atoms with E-state index in [9.17, 15) is 0 Å². The van der Waals surface area contributed by atoms with Gasteiger partial charge < -0.3 is 10.2 Å². The molecule has 0 amide bonds. The zero-order valence-corrected chi connectivity index (χ0v) is 9.01. The first kappa shape index (κ1) is 9.06. The van der Waals surface area contributed by atoms with Gasteiger partial charge >= 0.3 is 0 Å². The highest BCUT2D eigenvalue weighted by Crippen LogP contribution is 2.35. The molecule has 0 fully saturated rings. The van der Waals surface area contributed by atoms with Crippen molar-refractivity contribution >= 4 is 11.3 Å². The standard InChI is InChI=1S/C10H11N3OS/c11-5-9-12-13-10(14-9)8-4-6-2-1-3-7(6)15-8/h4H,1-3,5,11H2. The number of nitrogens with two attached hydrogens (primary N) is 1. The highest BCUT2D eigenvalue weighted by atomic mass is 32.1. The zero-order chi connectivity index (χ0) is 10.3. The van der Waals surface area contributed by atoms with Gasteiger partial charge in [-0.2, -0.15) is 0 Å². The van der Waals surface area contributed by atoms with E-state index in [0.29, 0.717) is 18.3 Å². The maximum Gasteiger partial charge on any atom is 0.257 e. The van der Waals surface area contributed by atoms with Crippen molar-refractivity contribution in [2.75, 3.05) is 0 Å². The van der Waals surface area contributed by atoms with Crippen LogP contribution in [-0.2, 0) is 19.4 Å². The number of aromatic nitrogens is 2. The van der Waals surface area contributed by atoms with Crippen LogP contribution in [0.3, 0.4) is 0 Å². The molecule has 0 aromatic carbocycles. The lowest BCUT2D eigenvalue weighted by molar-refractivity contribution is 0.509. The molecule has 0 saturated heterocycles. The lowest BCUT2D eigenvalue weighted by Crippen LogP contribution is -1.95. The van der Waals surface area contributed by atoms with Crippen molar-refractivity contribution < 1.29 is 4.42 Å². The average Bonchev–Trinajstić information content (AvgIpc) is 2.91. The van der Waals surface area contributed by atoms with Crippen LogP contribution in [0.2, 0.25) is 0 Å². The first-order valence-corrected chi connectivity index (χ1v) is 5.83. The molecule has 3 rings (SSSR count). The van der Waals surface area contributed by atoms with E-state index >= 15 is 0 Å². The van der Waals surface area contributed by atoms with E-state index < -0.39 is 0 Å². The second kappa shape index (κ2) is 3.43. The monoisotopic (exact) mass is 221 g/mol. The van der Waals surface area contributed by atoms with Gasteiger partial charge in [0.05, 0.1) is 11.4 Å². The highest BCUT2D eigenvalue weighted by molar-refractivity contribution is 7.15. The molecular formula is C10H11N3OS. The average molecular weight is 221 g/mol. The normalized spacial score (nSPS) is 14.5. The SMILES string of the molecule is NCc1nnc(-c2cc3c(s2)CCC3)o1. The minimum Gasteiger partial charge on any atom is -0.419 e. The molecule has 0 radical (unpaired) electrons. The fourth-order valence-electron chi connectivity index (χ4n) is 1.87. The molecule has 1 aliphatic rings. The van der Waals surface area contributed by atoms with E-state index in [1.165, 1.54) is 29.7 Å². The zero-order valence-electron chi connectivity index (χ0n) is 8.19. The van der Waals surface area contributed by atoms with E-state index in [1.807, 2.05) is 0 Å². The summed E-state index contributed by atoms with van der Waals surface area (Å²) in [7, 11) is 0. The highest BCUT2D eigenvalue weighted by Gasteiger charge is 2.18. The molecule has 0 atom stereocenters. The molecule has 0 aliphatic heterocycles. The molecule has 15 heavy (non-hydrogen) atoms. The summed E-state index contributed by atoms with van der Waals surface area (Å²) in [5.74, 6) is 1.11. The summed E-state index contributed by atoms with van der Waals surface area (Å²) < 4.78 is 5.42. The minimum absolute atomic E-state index is 0.304. The van der Waals surface area contributed by atoms with Gasteiger partial charge in [0.1, 0.15) is 0 Å². The van der Waals surface area contributed by atoms with Crippen molar-refractivity contribution in [1.82, 2.24) is 10.2 Å². The molecule has 2 heterocycles. The van der Waals surface area contributed by atoms with Crippen LogP contribution in [0.15, 0.2) is 10.5 Å². The minimum atomic E-state index is 0.304. The van der Waals surface area contributed by atoms with Gasteiger partial charge in [0, 0.05) is 4.88 Å². The van der Waals surface area contributed by atoms with E-state index in [-0.39, 0.29) is 0 Å². The van der Waals surface area contributed by atoms with Crippen molar-refractivity contribution in [1.29, 1.82) is 0 Å². The topological polar surface area (TPSA) is 64.9 Å². The number of nitrogens with zero attached hydrogens (tertiary/aromatic N) is 2. The Labute approximate surface area is 91.1 Å². The van der Waals surface area contributed by atoms with E-state index in [4.69, 9.17) is 10.2 Å². The molecule has 0 spiro atoms. The molecule has 0 saturated carbocycles. The van der Waals surface area contributed by atoms with Gasteiger partial charge in [0.15, 0.2) is 0 Å². The molecule has 78 valence electrons. The van der Waals surface area contributed by atoms with Crippen LogP contribution in [0.1, 0.15) is 22.8 Å². The Balaban J connectivity index is 1.98. The predicted octanol–water partition coefficient (Wildman–Crippen LogP) is 1.75. The van der Waals surface area contributed by atoms with Crippen molar-refractivity contribution in [2.45, 2.75) is 25.8 Å². The van der Waals surface area contributed by atoms with Crippen molar-refractivity contribution in [3.63, 3.8) is 0 Å². The van der Waals surface area contributed by atoms with Gasteiger partial charge in [-0.1, -0.05) is 0 Å². The number of thiophene rings is 1. The third-order valence-electron chi connectivity index (χ3n) is 2.60. The largest absolute Gasteiger partial charge is 0.419 e. The number of hydrogen-bond donors (Lipinski definition) is 1. The quantitative estimate of drug-likeness (QED) is 0.839. The van der Waals surface area contributed by atoms with Crippen LogP contribution >= 0.6 is 11.3 Å². The van der Waals surface area contributed by atoms with Crippen LogP contribution in [0.25, 0.3) is 10.8 Å². The maximum atomic E-state index is 5.42. The number of hydrogen-bond acceptors (Lipinski definition) is 5. The fraction of sp³-hybridized carbons (Fsp3) is 0.400. The molecule has 1 aliphatic carbocycles. The number of fused-ring (bicyclic) bond motifs is 1. The Morgan fingerprint density at radius 3 is 3.07 bits per heavy atom. The first-order chi connectivity index (χ1) is 7.36. The van der Waals surface area contributed by atoms with E-state index in [2.05, 4.69) is 16.3 Å². The third-order valence-corrected chi connectivity index (χ3v) is 3.82. The van der Waals surface area contributed by atoms with E-state index in [0.717, 1.165) is 4.88 Å². The van der Waals surface area contributed by atoms with Gasteiger partial charge in [-0.05, 0) is 30.9 Å². The van der Waals surface area contributed by atoms with Gasteiger partial charge in [0.25, 0.3) is 5.89 Å². The van der Waals surface area contributed by atoms with Crippen LogP contribution in [0, 0.1) is 0 Å². The molecule has 2 N–H and O–H groups in total. The third kappa shape index (κ3) is 1.48. The molecule has 2 aromatic heterocycles. The summed E-state index contributed by atoms with van der Waals surface area (Å²) in [5, 5.41) is 7.84. The smallest absolute Gasteiger partial charge is 0.257 e. The molecule has 2 aromatic rings. The van der Waals surface area contributed by atoms with Crippen molar-refractivity contribution in [2.24, 2.45) is 5.73 Å². The summed E-state index contributed by atoms with van der Waals surface area (Å²) in [5.41, 5.74) is 6.87. The summed E-state index contributed by atoms with van der Waals surface area (Å²) in [6, 6.07) is 2.17. The predicted molar refractivity (Wildman–Crippen MR) is 57.5 cm³/mol. The van der Waals surface area contributed by atoms with Crippen LogP contribution in [0.5, 0.6) is 0 Å². The Morgan fingerprint density at radius 2 is 2.33 bits per heavy atom. The Hall–Kier alpha value is -1.20. The second-order valence-electron chi connectivity index (χ2n) is 3.62. The van der Waals surface area contributed by atoms with Crippen LogP contribution < -0.4 is 5.73 Å². The van der Waals surface area contributed by atoms with Gasteiger partial charge in [0.2, 0.25) is 5.89 Å². The molecule has 0 unspecified atom stereocenters. The van der Waals surface area contributed by atoms with Gasteiger partial charge in [-0.15, -0.1) is 21.5 Å². The summed E-state index contributed by atoms with van der Waals surface area (Å²) in [6.45, 7) is 0.304. The van der Waals surface area contributed by atoms with Crippen LogP contribution in [0.4, 0.5) is 0 Å². The summed E-state index contributed by atoms with van der Waals surface area (Å²) in [6.07, 6.45) is 3.65. The summed E-state index contributed by atoms with van der Waals surface area (Å²) in [4.78, 5) is 2.55. The Kier molecular flexibility index (Phi) is 2.07. The Morgan fingerprint density at radius 1 is 1.40 bits per heavy atom. The summed E-state index contributed by atoms with van der Waals surface area (Å²) >= 11 is 1.76. The maximum absolute atomic E-state index is 5.42. The molecular weight excluding hydrogens is 210 g/mol. The van der Waals surface area contributed by atoms with Gasteiger partial charge in [-0.25, -0.2) is 0 Å². The lowest BCUT2D eigenvalue weighted by Gasteiger charge is -1.88. The van der Waals surface area contributed by atoms with E-state index in [1.54, 1.807) is 11.3 Å². The fourth-order valence-corrected chi connectivity index (χ4v) is 3.05. The number of aryl methyl sites for hydroxylation is 2. The number of rotatable bonds is 2. The first-order valence-electron chi connectivity index (χ1n) is 5.01. The molecule has 5 heteroatoms. The van der Waals surface area contributed by atoms with Gasteiger partial charge in [-0.3, -0.25) is 0 Å². The second-order valence-corrected chi connectivity index (χ2v) is 4.75. The lowest BCUT2D eigenvalue weighted by atomic mass is 10.2.